The second-order valence-corrected chi connectivity index (χ2v) is 9.15. The van der Waals surface area contributed by atoms with Gasteiger partial charge in [-0.15, -0.1) is 10.2 Å². The number of fused-ring (bicyclic) bond motifs is 1. The normalized spacial score (nSPS) is 19.5. The molecule has 1 aromatic carbocycles. The molecular weight excluding hydrogens is 403 g/mol. The molecule has 0 radical (unpaired) electrons. The van der Waals surface area contributed by atoms with Gasteiger partial charge in [0.2, 0.25) is 0 Å². The Balaban J connectivity index is 1.47. The predicted molar refractivity (Wildman–Crippen MR) is 105 cm³/mol. The molecule has 0 aliphatic carbocycles. The van der Waals surface area contributed by atoms with Gasteiger partial charge in [0.25, 0.3) is 0 Å². The Morgan fingerprint density at radius 1 is 1.18 bits per heavy atom. The summed E-state index contributed by atoms with van der Waals surface area (Å²) in [5, 5.41) is 19.7. The molecule has 2 aliphatic heterocycles. The van der Waals surface area contributed by atoms with E-state index in [2.05, 4.69) is 14.8 Å². The van der Waals surface area contributed by atoms with Gasteiger partial charge in [0, 0.05) is 37.5 Å². The summed E-state index contributed by atoms with van der Waals surface area (Å²) in [6.07, 6.45) is 0.321. The van der Waals surface area contributed by atoms with Gasteiger partial charge in [-0.1, -0.05) is 23.2 Å². The fourth-order valence-electron chi connectivity index (χ4n) is 3.76. The zero-order chi connectivity index (χ0) is 20.2. The minimum absolute atomic E-state index is 0.0162. The summed E-state index contributed by atoms with van der Waals surface area (Å²) in [5.74, 6) is 1.95. The molecule has 1 amide bonds. The second kappa shape index (κ2) is 6.81. The first kappa shape index (κ1) is 19.3. The number of hydrogen-bond acceptors (Lipinski definition) is 5. The number of rotatable bonds is 2. The number of ether oxygens (including phenoxy) is 1. The molecule has 0 saturated carbocycles. The van der Waals surface area contributed by atoms with Gasteiger partial charge < -0.3 is 19.3 Å². The topological polar surface area (TPSA) is 80.5 Å². The molecule has 0 unspecified atom stereocenters. The lowest BCUT2D eigenvalue weighted by molar-refractivity contribution is 0.00721. The third kappa shape index (κ3) is 3.42. The highest BCUT2D eigenvalue weighted by molar-refractivity contribution is 6.42. The molecule has 2 aromatic rings. The third-order valence-corrected chi connectivity index (χ3v) is 5.92. The van der Waals surface area contributed by atoms with Crippen LogP contribution in [0.25, 0.3) is 0 Å². The van der Waals surface area contributed by atoms with Crippen LogP contribution in [0, 0.1) is 0 Å². The zero-order valence-corrected chi connectivity index (χ0v) is 17.5. The van der Waals surface area contributed by atoms with Crippen molar-refractivity contribution in [3.8, 4) is 5.75 Å². The zero-order valence-electron chi connectivity index (χ0n) is 15.9. The van der Waals surface area contributed by atoms with E-state index >= 15 is 0 Å². The Morgan fingerprint density at radius 3 is 2.57 bits per heavy atom. The molecule has 150 valence electrons. The van der Waals surface area contributed by atoms with Crippen molar-refractivity contribution in [2.45, 2.75) is 51.2 Å². The summed E-state index contributed by atoms with van der Waals surface area (Å²) < 4.78 is 7.47. The van der Waals surface area contributed by atoms with Crippen molar-refractivity contribution in [3.05, 3.63) is 39.4 Å². The van der Waals surface area contributed by atoms with E-state index in [4.69, 9.17) is 27.9 Å². The lowest BCUT2D eigenvalue weighted by atomic mass is 9.96. The van der Waals surface area contributed by atoms with Crippen LogP contribution < -0.4 is 0 Å². The number of halogens is 2. The molecule has 0 bridgehead atoms. The maximum absolute atomic E-state index is 12.1. The number of hydrogen-bond donors (Lipinski definition) is 1. The highest BCUT2D eigenvalue weighted by atomic mass is 35.5. The maximum atomic E-state index is 12.1. The van der Waals surface area contributed by atoms with Crippen LogP contribution in [0.1, 0.15) is 49.8 Å². The van der Waals surface area contributed by atoms with Crippen LogP contribution in [-0.4, -0.2) is 49.6 Å². The van der Waals surface area contributed by atoms with Crippen molar-refractivity contribution in [3.63, 3.8) is 0 Å². The molecular formula is C19H22Cl2N4O3. The Labute approximate surface area is 173 Å². The van der Waals surface area contributed by atoms with Crippen molar-refractivity contribution in [1.82, 2.24) is 19.7 Å². The summed E-state index contributed by atoms with van der Waals surface area (Å²) in [6, 6.07) is 3.15. The van der Waals surface area contributed by atoms with E-state index < -0.39 is 5.60 Å². The highest BCUT2D eigenvalue weighted by Gasteiger charge is 2.40. The van der Waals surface area contributed by atoms with E-state index in [9.17, 15) is 9.90 Å². The minimum atomic E-state index is -0.510. The second-order valence-electron chi connectivity index (χ2n) is 8.36. The smallest absolute Gasteiger partial charge is 0.410 e. The lowest BCUT2D eigenvalue weighted by Crippen LogP contribution is -2.51. The Bertz CT molecular complexity index is 932. The van der Waals surface area contributed by atoms with E-state index in [-0.39, 0.29) is 23.7 Å². The van der Waals surface area contributed by atoms with Gasteiger partial charge in [-0.3, -0.25) is 0 Å². The Hall–Kier alpha value is -1.99. The molecule has 1 atom stereocenters. The summed E-state index contributed by atoms with van der Waals surface area (Å²) in [5.41, 5.74) is 0.138. The molecule has 1 N–H and O–H groups in total. The number of carbonyl (C=O) groups excluding carboxylic acids is 1. The number of benzene rings is 1. The van der Waals surface area contributed by atoms with Crippen molar-refractivity contribution in [2.75, 3.05) is 13.1 Å². The van der Waals surface area contributed by atoms with Gasteiger partial charge in [0.15, 0.2) is 0 Å². The van der Waals surface area contributed by atoms with E-state index in [1.54, 1.807) is 17.0 Å². The van der Waals surface area contributed by atoms with Crippen molar-refractivity contribution >= 4 is 29.3 Å². The first-order valence-corrected chi connectivity index (χ1v) is 9.96. The summed E-state index contributed by atoms with van der Waals surface area (Å²) in [6.45, 7) is 7.29. The van der Waals surface area contributed by atoms with Crippen molar-refractivity contribution in [1.29, 1.82) is 0 Å². The molecule has 0 spiro atoms. The van der Waals surface area contributed by atoms with Crippen LogP contribution in [-0.2, 0) is 17.7 Å². The van der Waals surface area contributed by atoms with Crippen LogP contribution in [0.4, 0.5) is 4.79 Å². The monoisotopic (exact) mass is 424 g/mol. The number of carbonyl (C=O) groups is 1. The largest absolute Gasteiger partial charge is 0.508 e. The first-order valence-electron chi connectivity index (χ1n) is 9.21. The van der Waals surface area contributed by atoms with E-state index in [0.29, 0.717) is 41.7 Å². The number of phenols is 1. The SMILES string of the molecule is CC(C)(C)OC(=O)N1CC(c2nnc3n2C[C@H](c2c(O)ccc(Cl)c2Cl)C3)C1. The number of amides is 1. The van der Waals surface area contributed by atoms with Gasteiger partial charge in [-0.25, -0.2) is 4.79 Å². The fourth-order valence-corrected chi connectivity index (χ4v) is 4.24. The van der Waals surface area contributed by atoms with Gasteiger partial charge in [-0.2, -0.15) is 0 Å². The van der Waals surface area contributed by atoms with E-state index in [1.165, 1.54) is 0 Å². The average molecular weight is 425 g/mol. The minimum Gasteiger partial charge on any atom is -0.508 e. The van der Waals surface area contributed by atoms with Crippen molar-refractivity contribution < 1.29 is 14.6 Å². The molecule has 1 aromatic heterocycles. The van der Waals surface area contributed by atoms with Crippen LogP contribution in [0.2, 0.25) is 10.0 Å². The fraction of sp³-hybridized carbons (Fsp3) is 0.526. The summed E-state index contributed by atoms with van der Waals surface area (Å²) in [7, 11) is 0. The van der Waals surface area contributed by atoms with E-state index in [1.807, 2.05) is 20.8 Å². The molecule has 9 heteroatoms. The van der Waals surface area contributed by atoms with Crippen LogP contribution in [0.5, 0.6) is 5.75 Å². The van der Waals surface area contributed by atoms with E-state index in [0.717, 1.165) is 11.6 Å². The van der Waals surface area contributed by atoms with Gasteiger partial charge in [0.05, 0.1) is 16.0 Å². The first-order chi connectivity index (χ1) is 13.1. The molecule has 4 rings (SSSR count). The standard InChI is InChI=1S/C19H22Cl2N4O3/c1-19(2,3)28-18(27)24-7-11(8-24)17-23-22-14-6-10(9-25(14)17)15-13(26)5-4-12(20)16(15)21/h4-5,10-11,26H,6-9H2,1-3H3/t10-/m1/s1. The quantitative estimate of drug-likeness (QED) is 0.788. The number of likely N-dealkylation sites (tertiary alicyclic amines) is 1. The van der Waals surface area contributed by atoms with Gasteiger partial charge in [-0.05, 0) is 32.9 Å². The molecule has 28 heavy (non-hydrogen) atoms. The summed E-state index contributed by atoms with van der Waals surface area (Å²) >= 11 is 12.5. The van der Waals surface area contributed by atoms with Crippen LogP contribution >= 0.6 is 23.2 Å². The van der Waals surface area contributed by atoms with Gasteiger partial charge in [0.1, 0.15) is 23.0 Å². The maximum Gasteiger partial charge on any atom is 0.410 e. The molecule has 1 saturated heterocycles. The van der Waals surface area contributed by atoms with Gasteiger partial charge >= 0.3 is 6.09 Å². The molecule has 1 fully saturated rings. The van der Waals surface area contributed by atoms with Crippen molar-refractivity contribution in [2.24, 2.45) is 0 Å². The number of aromatic hydroxyl groups is 1. The number of phenolic OH excluding ortho intramolecular Hbond substituents is 1. The lowest BCUT2D eigenvalue weighted by Gasteiger charge is -2.39. The molecule has 2 aliphatic rings. The predicted octanol–water partition coefficient (Wildman–Crippen LogP) is 3.96. The third-order valence-electron chi connectivity index (χ3n) is 5.10. The number of aromatic nitrogens is 3. The highest BCUT2D eigenvalue weighted by Crippen LogP contribution is 2.42. The Kier molecular flexibility index (Phi) is 4.70. The van der Waals surface area contributed by atoms with Crippen LogP contribution in [0.15, 0.2) is 12.1 Å². The Morgan fingerprint density at radius 2 is 1.89 bits per heavy atom. The van der Waals surface area contributed by atoms with Crippen LogP contribution in [0.3, 0.4) is 0 Å². The number of nitrogens with zero attached hydrogens (tertiary/aromatic N) is 4. The molecule has 7 nitrogen and oxygen atoms in total. The summed E-state index contributed by atoms with van der Waals surface area (Å²) in [4.78, 5) is 13.8. The molecule has 3 heterocycles. The average Bonchev–Trinajstić information content (AvgIpc) is 3.10.